The monoisotopic (exact) mass is 589 g/mol. The van der Waals surface area contributed by atoms with Gasteiger partial charge in [-0.15, -0.1) is 0 Å². The molecule has 4 aromatic rings. The molecule has 6 rings (SSSR count). The van der Waals surface area contributed by atoms with E-state index < -0.39 is 23.7 Å². The van der Waals surface area contributed by atoms with Crippen molar-refractivity contribution in [2.75, 3.05) is 15.5 Å². The quantitative estimate of drug-likeness (QED) is 0.237. The lowest BCUT2D eigenvalue weighted by Gasteiger charge is -2.42. The van der Waals surface area contributed by atoms with Gasteiger partial charge in [0.1, 0.15) is 5.82 Å². The van der Waals surface area contributed by atoms with Crippen LogP contribution in [0.2, 0.25) is 0 Å². The van der Waals surface area contributed by atoms with Gasteiger partial charge in [0.05, 0.1) is 17.5 Å². The summed E-state index contributed by atoms with van der Waals surface area (Å²) >= 11 is 0. The third-order valence-electron chi connectivity index (χ3n) is 9.34. The Morgan fingerprint density at radius 2 is 1.52 bits per heavy atom. The number of aryl methyl sites for hydroxylation is 4. The number of nitrogens with one attached hydrogen (secondary N) is 2. The minimum atomic E-state index is -0.649. The molecule has 0 spiro atoms. The summed E-state index contributed by atoms with van der Waals surface area (Å²) in [6.45, 7) is 7.81. The van der Waals surface area contributed by atoms with Crippen LogP contribution in [0.4, 0.5) is 21.5 Å². The van der Waals surface area contributed by atoms with Crippen molar-refractivity contribution in [3.8, 4) is 0 Å². The number of rotatable bonds is 6. The maximum absolute atomic E-state index is 15.4. The van der Waals surface area contributed by atoms with Crippen LogP contribution >= 0.6 is 0 Å². The number of carbonyl (C=O) groups is 2. The van der Waals surface area contributed by atoms with Crippen molar-refractivity contribution >= 4 is 28.9 Å². The number of nitrogens with zero attached hydrogens (tertiary/aromatic N) is 1. The van der Waals surface area contributed by atoms with Gasteiger partial charge in [-0.2, -0.15) is 0 Å². The zero-order chi connectivity index (χ0) is 31.0. The van der Waals surface area contributed by atoms with Crippen LogP contribution in [0.5, 0.6) is 0 Å². The summed E-state index contributed by atoms with van der Waals surface area (Å²) in [4.78, 5) is 30.4. The molecule has 0 saturated heterocycles. The molecule has 2 amide bonds. The van der Waals surface area contributed by atoms with E-state index in [0.29, 0.717) is 29.4 Å². The lowest BCUT2D eigenvalue weighted by molar-refractivity contribution is -0.120. The van der Waals surface area contributed by atoms with Crippen LogP contribution < -0.4 is 15.5 Å². The Morgan fingerprint density at radius 1 is 0.795 bits per heavy atom. The number of hydrogen-bond acceptors (Lipinski definition) is 3. The highest BCUT2D eigenvalue weighted by Crippen LogP contribution is 2.44. The minimum Gasteiger partial charge on any atom is -0.382 e. The lowest BCUT2D eigenvalue weighted by atomic mass is 9.80. The average molecular weight is 590 g/mol. The molecule has 4 aromatic carbocycles. The number of carbonyl (C=O) groups excluding carboxylic acids is 2. The fourth-order valence-electron chi connectivity index (χ4n) is 6.80. The molecule has 2 atom stereocenters. The van der Waals surface area contributed by atoms with E-state index in [4.69, 9.17) is 0 Å². The second kappa shape index (κ2) is 12.3. The van der Waals surface area contributed by atoms with E-state index in [0.717, 1.165) is 46.3 Å². The Labute approximate surface area is 259 Å². The van der Waals surface area contributed by atoms with Gasteiger partial charge in [-0.3, -0.25) is 14.5 Å². The van der Waals surface area contributed by atoms with Crippen LogP contribution in [-0.2, 0) is 11.2 Å². The van der Waals surface area contributed by atoms with E-state index in [1.807, 2.05) is 81.4 Å². The van der Waals surface area contributed by atoms with Crippen molar-refractivity contribution in [2.24, 2.45) is 5.92 Å². The zero-order valence-corrected chi connectivity index (χ0v) is 25.9. The molecule has 1 saturated carbocycles. The standard InChI is InChI=1S/C38H40FN3O2/c1-23-12-19-34-28(20-23)22-32(37(43)41-31-16-13-24(2)26(4)21-31)36(42(34)38(44)35-25(3)8-7-11-33(35)39)27-14-17-30(18-15-27)40-29-9-5-6-10-29/h7-8,11-21,29,32,36,40H,5-6,9-10,22H2,1-4H3,(H,41,43)/t32-,36-/m0/s1. The first-order valence-electron chi connectivity index (χ1n) is 15.6. The first-order chi connectivity index (χ1) is 21.2. The Morgan fingerprint density at radius 3 is 2.23 bits per heavy atom. The molecule has 1 fully saturated rings. The second-order valence-electron chi connectivity index (χ2n) is 12.5. The van der Waals surface area contributed by atoms with Crippen LogP contribution in [0.3, 0.4) is 0 Å². The van der Waals surface area contributed by atoms with Gasteiger partial charge in [0.2, 0.25) is 5.91 Å². The summed E-state index contributed by atoms with van der Waals surface area (Å²) in [5.74, 6) is -1.81. The highest BCUT2D eigenvalue weighted by molar-refractivity contribution is 6.09. The summed E-state index contributed by atoms with van der Waals surface area (Å²) in [6.07, 6.45) is 5.23. The van der Waals surface area contributed by atoms with Crippen molar-refractivity contribution < 1.29 is 14.0 Å². The number of hydrogen-bond donors (Lipinski definition) is 2. The second-order valence-corrected chi connectivity index (χ2v) is 12.5. The largest absolute Gasteiger partial charge is 0.382 e. The summed E-state index contributed by atoms with van der Waals surface area (Å²) < 4.78 is 15.4. The van der Waals surface area contributed by atoms with Crippen molar-refractivity contribution in [3.63, 3.8) is 0 Å². The molecule has 1 aliphatic carbocycles. The van der Waals surface area contributed by atoms with Gasteiger partial charge in [0.15, 0.2) is 0 Å². The zero-order valence-electron chi connectivity index (χ0n) is 25.9. The van der Waals surface area contributed by atoms with Crippen LogP contribution in [-0.4, -0.2) is 17.9 Å². The van der Waals surface area contributed by atoms with E-state index in [1.165, 1.54) is 18.9 Å². The summed E-state index contributed by atoms with van der Waals surface area (Å²) in [5, 5.41) is 6.78. The van der Waals surface area contributed by atoms with Gasteiger partial charge in [-0.1, -0.05) is 60.9 Å². The Bertz CT molecular complexity index is 1690. The molecule has 0 unspecified atom stereocenters. The molecule has 0 bridgehead atoms. The molecular weight excluding hydrogens is 549 g/mol. The first-order valence-corrected chi connectivity index (χ1v) is 15.6. The van der Waals surface area contributed by atoms with E-state index in [1.54, 1.807) is 24.0 Å². The fourth-order valence-corrected chi connectivity index (χ4v) is 6.80. The predicted octanol–water partition coefficient (Wildman–Crippen LogP) is 8.61. The molecule has 0 aromatic heterocycles. The molecule has 1 heterocycles. The summed E-state index contributed by atoms with van der Waals surface area (Å²) in [7, 11) is 0. The Hall–Kier alpha value is -4.45. The third kappa shape index (κ3) is 5.86. The van der Waals surface area contributed by atoms with Crippen molar-refractivity contribution in [3.05, 3.63) is 124 Å². The number of amides is 2. The average Bonchev–Trinajstić information content (AvgIpc) is 3.51. The molecule has 1 aliphatic heterocycles. The van der Waals surface area contributed by atoms with E-state index in [-0.39, 0.29) is 11.5 Å². The fraction of sp³-hybridized carbons (Fsp3) is 0.316. The van der Waals surface area contributed by atoms with Crippen LogP contribution in [0, 0.1) is 39.4 Å². The number of benzene rings is 4. The van der Waals surface area contributed by atoms with Crippen molar-refractivity contribution in [2.45, 2.75) is 71.9 Å². The lowest BCUT2D eigenvalue weighted by Crippen LogP contribution is -2.47. The van der Waals surface area contributed by atoms with Crippen molar-refractivity contribution in [1.82, 2.24) is 0 Å². The van der Waals surface area contributed by atoms with Crippen LogP contribution in [0.1, 0.15) is 75.5 Å². The molecule has 44 heavy (non-hydrogen) atoms. The summed E-state index contributed by atoms with van der Waals surface area (Å²) in [5.41, 5.74) is 8.01. The molecule has 2 aliphatic rings. The Kier molecular flexibility index (Phi) is 8.26. The smallest absolute Gasteiger partial charge is 0.262 e. The number of halogens is 1. The van der Waals surface area contributed by atoms with Gasteiger partial charge in [0.25, 0.3) is 5.91 Å². The number of fused-ring (bicyclic) bond motifs is 1. The van der Waals surface area contributed by atoms with Crippen LogP contribution in [0.25, 0.3) is 0 Å². The maximum Gasteiger partial charge on any atom is 0.262 e. The maximum atomic E-state index is 15.4. The number of anilines is 3. The van der Waals surface area contributed by atoms with Crippen LogP contribution in [0.15, 0.2) is 78.9 Å². The Balaban J connectivity index is 1.46. The highest BCUT2D eigenvalue weighted by atomic mass is 19.1. The van der Waals surface area contributed by atoms with E-state index >= 15 is 4.39 Å². The molecule has 5 nitrogen and oxygen atoms in total. The van der Waals surface area contributed by atoms with Gasteiger partial charge in [-0.25, -0.2) is 4.39 Å². The van der Waals surface area contributed by atoms with E-state index in [2.05, 4.69) is 10.6 Å². The predicted molar refractivity (Wildman–Crippen MR) is 176 cm³/mol. The van der Waals surface area contributed by atoms with E-state index in [9.17, 15) is 9.59 Å². The molecule has 6 heteroatoms. The SMILES string of the molecule is Cc1ccc2c(c1)C[C@H](C(=O)Nc1ccc(C)c(C)c1)[C@H](c1ccc(NC3CCCC3)cc1)N2C(=O)c1c(C)cccc1F. The highest BCUT2D eigenvalue weighted by Gasteiger charge is 2.43. The molecule has 226 valence electrons. The molecular formula is C38H40FN3O2. The topological polar surface area (TPSA) is 61.4 Å². The van der Waals surface area contributed by atoms with Crippen molar-refractivity contribution in [1.29, 1.82) is 0 Å². The molecule has 2 N–H and O–H groups in total. The normalized spacial score (nSPS) is 18.2. The first kappa shape index (κ1) is 29.6. The van der Waals surface area contributed by atoms with Gasteiger partial charge >= 0.3 is 0 Å². The summed E-state index contributed by atoms with van der Waals surface area (Å²) in [6, 6.07) is 24.4. The molecule has 0 radical (unpaired) electrons. The van der Waals surface area contributed by atoms with Gasteiger partial charge < -0.3 is 10.6 Å². The third-order valence-corrected chi connectivity index (χ3v) is 9.34. The van der Waals surface area contributed by atoms with Gasteiger partial charge in [0, 0.05) is 23.1 Å². The minimum absolute atomic E-state index is 0.0266. The van der Waals surface area contributed by atoms with Gasteiger partial charge in [-0.05, 0) is 111 Å².